The number of fused-ring (bicyclic) bond motifs is 17. The Labute approximate surface area is 168 Å². The van der Waals surface area contributed by atoms with E-state index in [1.54, 1.807) is 0 Å². The van der Waals surface area contributed by atoms with Crippen LogP contribution in [-0.2, 0) is 14.3 Å². The molecule has 1 saturated heterocycles. The lowest BCUT2D eigenvalue weighted by Crippen LogP contribution is -2.47. The van der Waals surface area contributed by atoms with E-state index in [1.165, 1.54) is 44.9 Å². The van der Waals surface area contributed by atoms with E-state index >= 15 is 0 Å². The van der Waals surface area contributed by atoms with E-state index in [9.17, 15) is 4.79 Å². The van der Waals surface area contributed by atoms with E-state index in [0.717, 1.165) is 60.2 Å². The van der Waals surface area contributed by atoms with E-state index < -0.39 is 0 Å². The Hall–Kier alpha value is -0.570. The van der Waals surface area contributed by atoms with Gasteiger partial charge in [0.25, 0.3) is 0 Å². The minimum absolute atomic E-state index is 0.103. The fourth-order valence-electron chi connectivity index (χ4n) is 11.2. The molecule has 6 bridgehead atoms. The maximum Gasteiger partial charge on any atom is 0.309 e. The Balaban J connectivity index is 1.04. The summed E-state index contributed by atoms with van der Waals surface area (Å²) < 4.78 is 12.6. The Kier molecular flexibility index (Phi) is 2.89. The highest BCUT2D eigenvalue weighted by atomic mass is 16.6. The van der Waals surface area contributed by atoms with Crippen LogP contribution in [0.15, 0.2) is 0 Å². The minimum Gasteiger partial charge on any atom is -0.459 e. The smallest absolute Gasteiger partial charge is 0.309 e. The molecule has 0 aromatic carbocycles. The average molecular weight is 383 g/mol. The molecule has 28 heavy (non-hydrogen) atoms. The molecule has 8 aliphatic rings. The summed E-state index contributed by atoms with van der Waals surface area (Å²) in [5.41, 5.74) is -0.103. The topological polar surface area (TPSA) is 38.8 Å². The summed E-state index contributed by atoms with van der Waals surface area (Å²) in [5.74, 6) is 8.52. The van der Waals surface area contributed by atoms with Gasteiger partial charge in [0.2, 0.25) is 0 Å². The first kappa shape index (κ1) is 16.2. The molecule has 14 atom stereocenters. The zero-order valence-corrected chi connectivity index (χ0v) is 17.1. The molecule has 14 unspecified atom stereocenters. The van der Waals surface area contributed by atoms with Gasteiger partial charge in [-0.3, -0.25) is 4.79 Å². The number of hydrogen-bond donors (Lipinski definition) is 0. The summed E-state index contributed by atoms with van der Waals surface area (Å²) >= 11 is 0. The zero-order chi connectivity index (χ0) is 18.4. The van der Waals surface area contributed by atoms with Crippen molar-refractivity contribution in [3.8, 4) is 0 Å². The largest absolute Gasteiger partial charge is 0.459 e. The van der Waals surface area contributed by atoms with Gasteiger partial charge in [0.15, 0.2) is 0 Å². The highest BCUT2D eigenvalue weighted by Crippen LogP contribution is 2.73. The normalized spacial score (nSPS) is 66.2. The number of ether oxygens (including phenoxy) is 2. The van der Waals surface area contributed by atoms with Crippen molar-refractivity contribution in [2.24, 2.45) is 65.1 Å². The summed E-state index contributed by atoms with van der Waals surface area (Å²) in [6.07, 6.45) is 12.9. The second-order valence-corrected chi connectivity index (χ2v) is 12.2. The predicted octanol–water partition coefficient (Wildman–Crippen LogP) is 4.44. The number of carbonyl (C=O) groups is 1. The van der Waals surface area contributed by atoms with Crippen LogP contribution in [0.2, 0.25) is 0 Å². The highest BCUT2D eigenvalue weighted by Gasteiger charge is 2.74. The number of epoxide rings is 1. The predicted molar refractivity (Wildman–Crippen MR) is 103 cm³/mol. The van der Waals surface area contributed by atoms with Crippen LogP contribution in [0.25, 0.3) is 0 Å². The van der Waals surface area contributed by atoms with Gasteiger partial charge < -0.3 is 9.47 Å². The van der Waals surface area contributed by atoms with Crippen LogP contribution in [0, 0.1) is 65.1 Å². The number of esters is 1. The molecular weight excluding hydrogens is 348 g/mol. The molecule has 0 radical (unpaired) electrons. The van der Waals surface area contributed by atoms with Crippen LogP contribution in [0.3, 0.4) is 0 Å². The molecule has 1 heterocycles. The molecular formula is C25H34O3. The van der Waals surface area contributed by atoms with Gasteiger partial charge >= 0.3 is 5.97 Å². The van der Waals surface area contributed by atoms with Crippen LogP contribution >= 0.6 is 0 Å². The second-order valence-electron chi connectivity index (χ2n) is 12.2. The van der Waals surface area contributed by atoms with Crippen molar-refractivity contribution in [3.05, 3.63) is 0 Å². The molecule has 3 heteroatoms. The fourth-order valence-corrected chi connectivity index (χ4v) is 11.2. The third-order valence-corrected chi connectivity index (χ3v) is 11.9. The Morgan fingerprint density at radius 1 is 0.929 bits per heavy atom. The molecule has 152 valence electrons. The summed E-state index contributed by atoms with van der Waals surface area (Å²) in [6.45, 7) is 2.29. The molecule has 8 rings (SSSR count). The number of rotatable bonds is 3. The van der Waals surface area contributed by atoms with Crippen molar-refractivity contribution in [3.63, 3.8) is 0 Å². The van der Waals surface area contributed by atoms with Gasteiger partial charge in [0.1, 0.15) is 5.60 Å². The molecule has 0 aromatic rings. The molecule has 0 amide bonds. The molecule has 0 spiro atoms. The first-order chi connectivity index (χ1) is 13.7. The first-order valence-corrected chi connectivity index (χ1v) is 12.6. The fraction of sp³-hybridized carbons (Fsp3) is 0.960. The van der Waals surface area contributed by atoms with Crippen LogP contribution < -0.4 is 0 Å². The lowest BCUT2D eigenvalue weighted by atomic mass is 9.67. The summed E-state index contributed by atoms with van der Waals surface area (Å²) in [4.78, 5) is 13.6. The maximum atomic E-state index is 13.6. The quantitative estimate of drug-likeness (QED) is 0.411. The molecule has 7 aliphatic carbocycles. The first-order valence-electron chi connectivity index (χ1n) is 12.6. The van der Waals surface area contributed by atoms with Gasteiger partial charge in [-0.15, -0.1) is 0 Å². The van der Waals surface area contributed by atoms with Gasteiger partial charge in [-0.05, 0) is 105 Å². The Bertz CT molecular complexity index is 748. The SMILES string of the molecule is CCC1(OC(=O)C2CC3CC2C2C4CC(C5OC45)C32)CC2CC1C1CCCC21. The second kappa shape index (κ2) is 5.01. The van der Waals surface area contributed by atoms with Gasteiger partial charge in [-0.1, -0.05) is 13.3 Å². The van der Waals surface area contributed by atoms with E-state index in [0.29, 0.717) is 24.0 Å². The van der Waals surface area contributed by atoms with Crippen molar-refractivity contribution >= 4 is 5.97 Å². The molecule has 0 aromatic heterocycles. The molecule has 0 N–H and O–H groups in total. The molecule has 3 nitrogen and oxygen atoms in total. The van der Waals surface area contributed by atoms with Crippen molar-refractivity contribution in [2.75, 3.05) is 0 Å². The monoisotopic (exact) mass is 382 g/mol. The number of hydrogen-bond acceptors (Lipinski definition) is 3. The maximum absolute atomic E-state index is 13.6. The van der Waals surface area contributed by atoms with Gasteiger partial charge in [-0.2, -0.15) is 0 Å². The Morgan fingerprint density at radius 3 is 2.61 bits per heavy atom. The third kappa shape index (κ3) is 1.70. The van der Waals surface area contributed by atoms with Gasteiger partial charge in [0.05, 0.1) is 18.1 Å². The van der Waals surface area contributed by atoms with Crippen molar-refractivity contribution in [2.45, 2.75) is 82.5 Å². The van der Waals surface area contributed by atoms with E-state index in [2.05, 4.69) is 6.92 Å². The average Bonchev–Trinajstić information content (AvgIpc) is 3.35. The molecule has 1 aliphatic heterocycles. The minimum atomic E-state index is -0.103. The lowest BCUT2D eigenvalue weighted by Gasteiger charge is -2.43. The molecule has 7 saturated carbocycles. The van der Waals surface area contributed by atoms with E-state index in [1.807, 2.05) is 0 Å². The van der Waals surface area contributed by atoms with Gasteiger partial charge in [-0.25, -0.2) is 0 Å². The zero-order valence-electron chi connectivity index (χ0n) is 17.1. The van der Waals surface area contributed by atoms with Crippen molar-refractivity contribution < 1.29 is 14.3 Å². The van der Waals surface area contributed by atoms with Crippen LogP contribution in [-0.4, -0.2) is 23.8 Å². The van der Waals surface area contributed by atoms with Crippen molar-refractivity contribution in [1.29, 1.82) is 0 Å². The lowest BCUT2D eigenvalue weighted by molar-refractivity contribution is -0.178. The van der Waals surface area contributed by atoms with Crippen molar-refractivity contribution in [1.82, 2.24) is 0 Å². The number of carbonyl (C=O) groups excluding carboxylic acids is 1. The summed E-state index contributed by atoms with van der Waals surface area (Å²) in [7, 11) is 0. The summed E-state index contributed by atoms with van der Waals surface area (Å²) in [5, 5.41) is 0. The standard InChI is InChI=1S/C25H34O3/c1-2-25(10-12-8-19(25)14-5-3-4-13(12)14)28-24(26)16-7-11-6-15(16)21-18-9-17(20(11)21)22-23(18)27-22/h11-23H,2-10H2,1H3. The van der Waals surface area contributed by atoms with Crippen LogP contribution in [0.4, 0.5) is 0 Å². The summed E-state index contributed by atoms with van der Waals surface area (Å²) in [6, 6.07) is 0. The third-order valence-electron chi connectivity index (χ3n) is 11.9. The van der Waals surface area contributed by atoms with Crippen LogP contribution in [0.1, 0.15) is 64.7 Å². The highest BCUT2D eigenvalue weighted by molar-refractivity contribution is 5.74. The van der Waals surface area contributed by atoms with Crippen LogP contribution in [0.5, 0.6) is 0 Å². The molecule has 8 fully saturated rings. The Morgan fingerprint density at radius 2 is 1.75 bits per heavy atom. The van der Waals surface area contributed by atoms with E-state index in [-0.39, 0.29) is 17.5 Å². The van der Waals surface area contributed by atoms with E-state index in [4.69, 9.17) is 9.47 Å². The van der Waals surface area contributed by atoms with Gasteiger partial charge in [0, 0.05) is 5.92 Å².